The van der Waals surface area contributed by atoms with Gasteiger partial charge in [0.25, 0.3) is 5.91 Å². The second-order valence-electron chi connectivity index (χ2n) is 6.04. The van der Waals surface area contributed by atoms with Gasteiger partial charge >= 0.3 is 0 Å². The number of anilines is 1. The topological polar surface area (TPSA) is 69.7 Å². The normalized spacial score (nSPS) is 12.5. The lowest BCUT2D eigenvalue weighted by Gasteiger charge is -2.21. The van der Waals surface area contributed by atoms with Crippen LogP contribution in [0, 0.1) is 6.92 Å². The monoisotopic (exact) mass is 414 g/mol. The fourth-order valence-electron chi connectivity index (χ4n) is 2.69. The van der Waals surface area contributed by atoms with Crippen molar-refractivity contribution < 1.29 is 19.0 Å². The first kappa shape index (κ1) is 18.6. The third-order valence-corrected chi connectivity index (χ3v) is 6.07. The van der Waals surface area contributed by atoms with Crippen molar-refractivity contribution in [3.05, 3.63) is 53.0 Å². The molecule has 0 fully saturated rings. The number of thiazole rings is 1. The minimum atomic E-state index is -0.244. The van der Waals surface area contributed by atoms with Gasteiger partial charge in [-0.15, -0.1) is 11.3 Å². The predicted molar refractivity (Wildman–Crippen MR) is 109 cm³/mol. The maximum absolute atomic E-state index is 12.7. The van der Waals surface area contributed by atoms with Crippen LogP contribution in [-0.2, 0) is 0 Å². The number of ether oxygens (including phenoxy) is 3. The molecule has 1 aromatic heterocycles. The maximum atomic E-state index is 12.7. The van der Waals surface area contributed by atoms with Gasteiger partial charge in [0.2, 0.25) is 5.75 Å². The van der Waals surface area contributed by atoms with Crippen LogP contribution >= 0.6 is 23.1 Å². The number of methoxy groups -OCH3 is 1. The largest absolute Gasteiger partial charge is 0.493 e. The van der Waals surface area contributed by atoms with Gasteiger partial charge in [-0.3, -0.25) is 4.79 Å². The fraction of sp³-hybridized carbons (Fsp3) is 0.200. The van der Waals surface area contributed by atoms with Crippen molar-refractivity contribution in [2.75, 3.05) is 25.6 Å². The number of benzene rings is 2. The van der Waals surface area contributed by atoms with E-state index < -0.39 is 0 Å². The molecule has 2 heterocycles. The molecule has 0 saturated carbocycles. The molecule has 1 amide bonds. The zero-order valence-electron chi connectivity index (χ0n) is 15.4. The predicted octanol–water partition coefficient (Wildman–Crippen LogP) is 4.63. The molecule has 3 aromatic rings. The van der Waals surface area contributed by atoms with Crippen molar-refractivity contribution >= 4 is 34.7 Å². The van der Waals surface area contributed by atoms with E-state index in [4.69, 9.17) is 14.2 Å². The van der Waals surface area contributed by atoms with Gasteiger partial charge in [0.05, 0.1) is 7.11 Å². The van der Waals surface area contributed by atoms with Crippen molar-refractivity contribution in [3.63, 3.8) is 0 Å². The Hall–Kier alpha value is -2.71. The van der Waals surface area contributed by atoms with Crippen LogP contribution in [0.1, 0.15) is 16.1 Å². The van der Waals surface area contributed by atoms with Crippen LogP contribution < -0.4 is 19.5 Å². The molecular weight excluding hydrogens is 396 g/mol. The fourth-order valence-corrected chi connectivity index (χ4v) is 4.50. The van der Waals surface area contributed by atoms with Gasteiger partial charge in [-0.1, -0.05) is 11.8 Å². The summed E-state index contributed by atoms with van der Waals surface area (Å²) < 4.78 is 17.5. The number of carbonyl (C=O) groups is 1. The molecule has 0 aliphatic carbocycles. The number of rotatable bonds is 5. The quantitative estimate of drug-likeness (QED) is 0.656. The average Bonchev–Trinajstić information content (AvgIpc) is 3.13. The van der Waals surface area contributed by atoms with E-state index in [9.17, 15) is 4.79 Å². The van der Waals surface area contributed by atoms with E-state index in [-0.39, 0.29) is 5.91 Å². The summed E-state index contributed by atoms with van der Waals surface area (Å²) in [6.07, 6.45) is 0. The minimum Gasteiger partial charge on any atom is -0.493 e. The van der Waals surface area contributed by atoms with Gasteiger partial charge in [0.15, 0.2) is 15.8 Å². The molecule has 8 heteroatoms. The smallest absolute Gasteiger partial charge is 0.255 e. The van der Waals surface area contributed by atoms with Crippen LogP contribution in [0.3, 0.4) is 0 Å². The summed E-state index contributed by atoms with van der Waals surface area (Å²) in [5, 5.41) is 4.92. The summed E-state index contributed by atoms with van der Waals surface area (Å²) in [7, 11) is 1.54. The summed E-state index contributed by atoms with van der Waals surface area (Å²) in [4.78, 5) is 18.2. The van der Waals surface area contributed by atoms with Crippen molar-refractivity contribution in [1.29, 1.82) is 0 Å². The average molecular weight is 415 g/mol. The number of amides is 1. The van der Waals surface area contributed by atoms with E-state index in [2.05, 4.69) is 10.3 Å². The highest BCUT2D eigenvalue weighted by Crippen LogP contribution is 2.40. The van der Waals surface area contributed by atoms with Crippen molar-refractivity contribution in [1.82, 2.24) is 4.98 Å². The third-order valence-electron chi connectivity index (χ3n) is 4.01. The molecule has 144 valence electrons. The molecule has 0 bridgehead atoms. The maximum Gasteiger partial charge on any atom is 0.255 e. The van der Waals surface area contributed by atoms with Crippen molar-refractivity contribution in [3.8, 4) is 17.2 Å². The molecule has 28 heavy (non-hydrogen) atoms. The van der Waals surface area contributed by atoms with Crippen molar-refractivity contribution in [2.45, 2.75) is 16.2 Å². The van der Waals surface area contributed by atoms with Gasteiger partial charge in [0.1, 0.15) is 13.2 Å². The highest BCUT2D eigenvalue weighted by atomic mass is 32.2. The number of fused-ring (bicyclic) bond motifs is 1. The van der Waals surface area contributed by atoms with Crippen LogP contribution in [-0.4, -0.2) is 31.2 Å². The Labute approximate surface area is 170 Å². The van der Waals surface area contributed by atoms with E-state index in [0.29, 0.717) is 41.7 Å². The van der Waals surface area contributed by atoms with E-state index in [1.807, 2.05) is 36.6 Å². The van der Waals surface area contributed by atoms with Gasteiger partial charge < -0.3 is 19.5 Å². The first-order valence-electron chi connectivity index (χ1n) is 8.61. The Bertz CT molecular complexity index is 985. The molecule has 2 aromatic carbocycles. The SMILES string of the molecule is COc1cc(C(=O)Nc2ccc(Sc3nc(C)cs3)cc2)cc2c1OCCO2. The second kappa shape index (κ2) is 8.12. The number of carbonyl (C=O) groups excluding carboxylic acids is 1. The summed E-state index contributed by atoms with van der Waals surface area (Å²) in [5.41, 5.74) is 2.17. The number of hydrogen-bond donors (Lipinski definition) is 1. The number of hydrogen-bond acceptors (Lipinski definition) is 7. The highest BCUT2D eigenvalue weighted by Gasteiger charge is 2.21. The van der Waals surface area contributed by atoms with Gasteiger partial charge in [-0.05, 0) is 43.3 Å². The van der Waals surface area contributed by atoms with E-state index >= 15 is 0 Å². The zero-order valence-corrected chi connectivity index (χ0v) is 17.0. The van der Waals surface area contributed by atoms with Crippen LogP contribution in [0.4, 0.5) is 5.69 Å². The van der Waals surface area contributed by atoms with E-state index in [1.54, 1.807) is 35.2 Å². The molecule has 0 saturated heterocycles. The molecule has 6 nitrogen and oxygen atoms in total. The second-order valence-corrected chi connectivity index (χ2v) is 8.22. The molecule has 1 N–H and O–H groups in total. The number of aromatic nitrogens is 1. The third kappa shape index (κ3) is 4.07. The molecule has 0 atom stereocenters. The molecule has 0 unspecified atom stereocenters. The number of aryl methyl sites for hydroxylation is 1. The Morgan fingerprint density at radius 2 is 2.00 bits per heavy atom. The van der Waals surface area contributed by atoms with Gasteiger partial charge in [-0.25, -0.2) is 4.98 Å². The first-order chi connectivity index (χ1) is 13.6. The van der Waals surface area contributed by atoms with Crippen LogP contribution in [0.5, 0.6) is 17.2 Å². The number of nitrogens with zero attached hydrogens (tertiary/aromatic N) is 1. The summed E-state index contributed by atoms with van der Waals surface area (Å²) >= 11 is 3.22. The van der Waals surface area contributed by atoms with Crippen molar-refractivity contribution in [2.24, 2.45) is 0 Å². The zero-order chi connectivity index (χ0) is 19.5. The summed E-state index contributed by atoms with van der Waals surface area (Å²) in [6, 6.07) is 11.0. The lowest BCUT2D eigenvalue weighted by atomic mass is 10.1. The first-order valence-corrected chi connectivity index (χ1v) is 10.3. The Kier molecular flexibility index (Phi) is 5.40. The Morgan fingerprint density at radius 3 is 2.71 bits per heavy atom. The Balaban J connectivity index is 1.47. The molecule has 0 radical (unpaired) electrons. The molecule has 0 spiro atoms. The molecule has 1 aliphatic rings. The van der Waals surface area contributed by atoms with E-state index in [0.717, 1.165) is 14.9 Å². The Morgan fingerprint density at radius 1 is 1.21 bits per heavy atom. The summed E-state index contributed by atoms with van der Waals surface area (Å²) in [5.74, 6) is 1.28. The molecular formula is C20H18N2O4S2. The highest BCUT2D eigenvalue weighted by molar-refractivity contribution is 8.01. The minimum absolute atomic E-state index is 0.244. The van der Waals surface area contributed by atoms with Gasteiger partial charge in [0, 0.05) is 27.2 Å². The van der Waals surface area contributed by atoms with Crippen LogP contribution in [0.25, 0.3) is 0 Å². The van der Waals surface area contributed by atoms with E-state index in [1.165, 1.54) is 7.11 Å². The molecule has 4 rings (SSSR count). The molecule has 1 aliphatic heterocycles. The lowest BCUT2D eigenvalue weighted by Crippen LogP contribution is -2.18. The lowest BCUT2D eigenvalue weighted by molar-refractivity contribution is 0.102. The van der Waals surface area contributed by atoms with Crippen LogP contribution in [0.2, 0.25) is 0 Å². The van der Waals surface area contributed by atoms with Gasteiger partial charge in [-0.2, -0.15) is 0 Å². The number of nitrogens with one attached hydrogen (secondary N) is 1. The van der Waals surface area contributed by atoms with Crippen LogP contribution in [0.15, 0.2) is 51.0 Å². The summed E-state index contributed by atoms with van der Waals surface area (Å²) in [6.45, 7) is 2.88. The standard InChI is InChI=1S/C20H18N2O4S2/c1-12-11-27-20(21-12)28-15-5-3-14(4-6-15)22-19(23)13-9-16(24-2)18-17(10-13)25-7-8-26-18/h3-6,9-11H,7-8H2,1-2H3,(H,22,23).